The number of hydrogen-bond donors (Lipinski definition) is 1. The van der Waals surface area contributed by atoms with Crippen LogP contribution < -0.4 is 5.32 Å². The van der Waals surface area contributed by atoms with Crippen LogP contribution in [0.25, 0.3) is 0 Å². The van der Waals surface area contributed by atoms with Gasteiger partial charge in [0.05, 0.1) is 0 Å². The average Bonchev–Trinajstić information content (AvgIpc) is 2.97. The fourth-order valence-corrected chi connectivity index (χ4v) is 4.20. The maximum Gasteiger partial charge on any atom is 0.0380 e. The summed E-state index contributed by atoms with van der Waals surface area (Å²) in [6.45, 7) is 7.94. The Balaban J connectivity index is 1.76. The summed E-state index contributed by atoms with van der Waals surface area (Å²) < 4.78 is 0. The molecule has 0 bridgehead atoms. The molecule has 1 aromatic heterocycles. The van der Waals surface area contributed by atoms with Crippen molar-refractivity contribution in [2.75, 3.05) is 0 Å². The first-order valence-corrected chi connectivity index (χ1v) is 8.30. The summed E-state index contributed by atoms with van der Waals surface area (Å²) in [5.74, 6) is 0. The molecule has 1 nitrogen and oxygen atoms in total. The highest BCUT2D eigenvalue weighted by Gasteiger charge is 2.38. The van der Waals surface area contributed by atoms with Crippen molar-refractivity contribution in [3.8, 4) is 0 Å². The zero-order chi connectivity index (χ0) is 14.2. The highest BCUT2D eigenvalue weighted by Crippen LogP contribution is 2.45. The molecule has 0 spiro atoms. The average molecular weight is 285 g/mol. The van der Waals surface area contributed by atoms with Crippen LogP contribution in [0, 0.1) is 5.41 Å². The van der Waals surface area contributed by atoms with Crippen LogP contribution in [0.5, 0.6) is 0 Å². The summed E-state index contributed by atoms with van der Waals surface area (Å²) in [6, 6.07) is 13.9. The Bertz CT molecular complexity index is 597. The van der Waals surface area contributed by atoms with Gasteiger partial charge < -0.3 is 5.32 Å². The van der Waals surface area contributed by atoms with Crippen molar-refractivity contribution in [3.05, 3.63) is 57.3 Å². The molecule has 0 saturated heterocycles. The molecule has 0 amide bonds. The minimum Gasteiger partial charge on any atom is -0.305 e. The van der Waals surface area contributed by atoms with Gasteiger partial charge in [0.15, 0.2) is 0 Å². The van der Waals surface area contributed by atoms with Crippen LogP contribution in [-0.2, 0) is 19.4 Å². The largest absolute Gasteiger partial charge is 0.305 e. The molecule has 0 aliphatic heterocycles. The molecule has 0 fully saturated rings. The van der Waals surface area contributed by atoms with Crippen molar-refractivity contribution >= 4 is 11.3 Å². The fourth-order valence-electron chi connectivity index (χ4n) is 3.29. The Morgan fingerprint density at radius 2 is 1.90 bits per heavy atom. The maximum atomic E-state index is 3.79. The maximum absolute atomic E-state index is 3.79. The SMILES string of the molecule is CCc1ccc(CNC2c3ccccc3CC2(C)C)s1. The van der Waals surface area contributed by atoms with E-state index in [9.17, 15) is 0 Å². The number of benzene rings is 1. The molecule has 1 atom stereocenters. The molecule has 3 rings (SSSR count). The summed E-state index contributed by atoms with van der Waals surface area (Å²) in [4.78, 5) is 2.93. The van der Waals surface area contributed by atoms with E-state index in [1.807, 2.05) is 11.3 Å². The van der Waals surface area contributed by atoms with E-state index in [-0.39, 0.29) is 0 Å². The Morgan fingerprint density at radius 1 is 1.15 bits per heavy atom. The van der Waals surface area contributed by atoms with Gasteiger partial charge in [0.2, 0.25) is 0 Å². The molecular formula is C18H23NS. The fraction of sp³-hybridized carbons (Fsp3) is 0.444. The van der Waals surface area contributed by atoms with Gasteiger partial charge in [-0.15, -0.1) is 11.3 Å². The van der Waals surface area contributed by atoms with E-state index >= 15 is 0 Å². The van der Waals surface area contributed by atoms with E-state index in [0.29, 0.717) is 11.5 Å². The number of thiophene rings is 1. The first-order valence-electron chi connectivity index (χ1n) is 7.49. The molecule has 1 aliphatic rings. The van der Waals surface area contributed by atoms with Gasteiger partial charge in [-0.25, -0.2) is 0 Å². The van der Waals surface area contributed by atoms with Crippen LogP contribution in [-0.4, -0.2) is 0 Å². The quantitative estimate of drug-likeness (QED) is 0.857. The zero-order valence-corrected chi connectivity index (χ0v) is 13.4. The first-order chi connectivity index (χ1) is 9.60. The van der Waals surface area contributed by atoms with E-state index < -0.39 is 0 Å². The van der Waals surface area contributed by atoms with Crippen LogP contribution in [0.2, 0.25) is 0 Å². The first kappa shape index (κ1) is 13.8. The number of aryl methyl sites for hydroxylation is 1. The molecule has 0 saturated carbocycles. The van der Waals surface area contributed by atoms with E-state index in [0.717, 1.165) is 13.0 Å². The van der Waals surface area contributed by atoms with Crippen molar-refractivity contribution in [2.24, 2.45) is 5.41 Å². The standard InChI is InChI=1S/C18H23NS/c1-4-14-9-10-15(20-14)12-19-17-16-8-6-5-7-13(16)11-18(17,2)3/h5-10,17,19H,4,11-12H2,1-3H3. The lowest BCUT2D eigenvalue weighted by Crippen LogP contribution is -2.30. The third-order valence-corrected chi connectivity index (χ3v) is 5.57. The third kappa shape index (κ3) is 2.55. The van der Waals surface area contributed by atoms with E-state index in [2.05, 4.69) is 62.5 Å². The molecule has 106 valence electrons. The molecular weight excluding hydrogens is 262 g/mol. The second-order valence-corrected chi connectivity index (χ2v) is 7.65. The van der Waals surface area contributed by atoms with E-state index in [1.54, 1.807) is 0 Å². The third-order valence-electron chi connectivity index (χ3n) is 4.34. The molecule has 1 aromatic carbocycles. The van der Waals surface area contributed by atoms with Gasteiger partial charge in [0.25, 0.3) is 0 Å². The van der Waals surface area contributed by atoms with Gasteiger partial charge in [-0.05, 0) is 41.5 Å². The second kappa shape index (κ2) is 5.34. The normalized spacial score (nSPS) is 20.1. The molecule has 1 unspecified atom stereocenters. The molecule has 2 aromatic rings. The van der Waals surface area contributed by atoms with Crippen molar-refractivity contribution in [1.82, 2.24) is 5.32 Å². The number of nitrogens with one attached hydrogen (secondary N) is 1. The smallest absolute Gasteiger partial charge is 0.0380 e. The van der Waals surface area contributed by atoms with Crippen molar-refractivity contribution in [3.63, 3.8) is 0 Å². The second-order valence-electron chi connectivity index (χ2n) is 6.40. The highest BCUT2D eigenvalue weighted by molar-refractivity contribution is 7.11. The lowest BCUT2D eigenvalue weighted by Gasteiger charge is -2.28. The molecule has 2 heteroatoms. The topological polar surface area (TPSA) is 12.0 Å². The van der Waals surface area contributed by atoms with Crippen LogP contribution in [0.4, 0.5) is 0 Å². The van der Waals surface area contributed by atoms with Crippen LogP contribution >= 0.6 is 11.3 Å². The monoisotopic (exact) mass is 285 g/mol. The molecule has 1 N–H and O–H groups in total. The Kier molecular flexibility index (Phi) is 3.70. The lowest BCUT2D eigenvalue weighted by molar-refractivity contribution is 0.268. The summed E-state index contributed by atoms with van der Waals surface area (Å²) in [5, 5.41) is 3.79. The minimum atomic E-state index is 0.300. The van der Waals surface area contributed by atoms with Gasteiger partial charge in [-0.1, -0.05) is 45.0 Å². The van der Waals surface area contributed by atoms with E-state index in [4.69, 9.17) is 0 Å². The molecule has 20 heavy (non-hydrogen) atoms. The lowest BCUT2D eigenvalue weighted by atomic mass is 9.85. The Labute approximate surface area is 126 Å². The van der Waals surface area contributed by atoms with Crippen LogP contribution in [0.3, 0.4) is 0 Å². The summed E-state index contributed by atoms with van der Waals surface area (Å²) in [7, 11) is 0. The Morgan fingerprint density at radius 3 is 2.65 bits per heavy atom. The predicted octanol–water partition coefficient (Wildman–Crippen LogP) is 4.72. The molecule has 1 heterocycles. The van der Waals surface area contributed by atoms with Crippen molar-refractivity contribution in [2.45, 2.75) is 46.2 Å². The van der Waals surface area contributed by atoms with Crippen molar-refractivity contribution < 1.29 is 0 Å². The van der Waals surface area contributed by atoms with E-state index in [1.165, 1.54) is 27.3 Å². The molecule has 0 radical (unpaired) electrons. The number of rotatable bonds is 4. The number of fused-ring (bicyclic) bond motifs is 1. The van der Waals surface area contributed by atoms with Gasteiger partial charge in [0, 0.05) is 22.3 Å². The van der Waals surface area contributed by atoms with Gasteiger partial charge in [-0.2, -0.15) is 0 Å². The summed E-state index contributed by atoms with van der Waals surface area (Å²) in [6.07, 6.45) is 2.31. The van der Waals surface area contributed by atoms with Gasteiger partial charge in [-0.3, -0.25) is 0 Å². The van der Waals surface area contributed by atoms with Crippen LogP contribution in [0.15, 0.2) is 36.4 Å². The predicted molar refractivity (Wildman–Crippen MR) is 87.2 cm³/mol. The Hall–Kier alpha value is -1.12. The summed E-state index contributed by atoms with van der Waals surface area (Å²) >= 11 is 1.94. The molecule has 1 aliphatic carbocycles. The minimum absolute atomic E-state index is 0.300. The number of hydrogen-bond acceptors (Lipinski definition) is 2. The zero-order valence-electron chi connectivity index (χ0n) is 12.6. The van der Waals surface area contributed by atoms with Crippen molar-refractivity contribution in [1.29, 1.82) is 0 Å². The highest BCUT2D eigenvalue weighted by atomic mass is 32.1. The van der Waals surface area contributed by atoms with Gasteiger partial charge in [0.1, 0.15) is 0 Å². The summed E-state index contributed by atoms with van der Waals surface area (Å²) in [5.41, 5.74) is 3.30. The van der Waals surface area contributed by atoms with Gasteiger partial charge >= 0.3 is 0 Å². The van der Waals surface area contributed by atoms with Crippen LogP contribution in [0.1, 0.15) is 47.7 Å².